The zero-order valence-electron chi connectivity index (χ0n) is 10.2. The third-order valence-electron chi connectivity index (χ3n) is 2.24. The van der Waals surface area contributed by atoms with Crippen LogP contribution in [0.15, 0.2) is 0 Å². The molecule has 1 unspecified atom stereocenters. The molecule has 16 heavy (non-hydrogen) atoms. The largest absolute Gasteiger partial charge is 0.368 e. The molecule has 0 radical (unpaired) electrons. The second-order valence-electron chi connectivity index (χ2n) is 4.00. The zero-order chi connectivity index (χ0) is 12.6. The number of rotatable bonds is 8. The smallest absolute Gasteiger partial charge is 0.245 e. The van der Waals surface area contributed by atoms with E-state index in [-0.39, 0.29) is 31.5 Å². The van der Waals surface area contributed by atoms with Crippen LogP contribution in [0.1, 0.15) is 39.5 Å². The quantitative estimate of drug-likeness (QED) is 0.703. The van der Waals surface area contributed by atoms with Crippen molar-refractivity contribution in [3.8, 4) is 0 Å². The molecule has 0 aliphatic heterocycles. The number of nitrogens with one attached hydrogen (secondary N) is 1. The van der Waals surface area contributed by atoms with Gasteiger partial charge in [0.25, 0.3) is 0 Å². The van der Waals surface area contributed by atoms with Crippen molar-refractivity contribution in [2.75, 3.05) is 13.7 Å². The maximum Gasteiger partial charge on any atom is 0.245 e. The molecule has 0 aliphatic carbocycles. The van der Waals surface area contributed by atoms with Gasteiger partial charge in [-0.2, -0.15) is 0 Å². The monoisotopic (exact) mass is 237 g/mol. The van der Waals surface area contributed by atoms with Gasteiger partial charge in [-0.1, -0.05) is 13.3 Å². The van der Waals surface area contributed by atoms with Gasteiger partial charge in [0, 0.05) is 13.5 Å². The molecular formula is C11H21F2NO2. The SMILES string of the molecule is CCCC(CCC(C)(F)F)OCC(=O)NC. The molecule has 0 heterocycles. The predicted octanol–water partition coefficient (Wildman–Crippen LogP) is 2.35. The zero-order valence-corrected chi connectivity index (χ0v) is 10.2. The second kappa shape index (κ2) is 7.54. The lowest BCUT2D eigenvalue weighted by Gasteiger charge is -2.18. The summed E-state index contributed by atoms with van der Waals surface area (Å²) in [5, 5.41) is 2.42. The minimum atomic E-state index is -2.66. The van der Waals surface area contributed by atoms with Crippen LogP contribution in [0.25, 0.3) is 0 Å². The number of alkyl halides is 2. The van der Waals surface area contributed by atoms with Gasteiger partial charge >= 0.3 is 0 Å². The van der Waals surface area contributed by atoms with Crippen LogP contribution < -0.4 is 5.32 Å². The average Bonchev–Trinajstić information content (AvgIpc) is 2.20. The standard InChI is InChI=1S/C11H21F2NO2/c1-4-5-9(6-7-11(2,12)13)16-8-10(15)14-3/h9H,4-8H2,1-3H3,(H,14,15). The highest BCUT2D eigenvalue weighted by atomic mass is 19.3. The Labute approximate surface area is 95.5 Å². The predicted molar refractivity (Wildman–Crippen MR) is 58.6 cm³/mol. The van der Waals surface area contributed by atoms with Gasteiger partial charge in [-0.15, -0.1) is 0 Å². The highest BCUT2D eigenvalue weighted by molar-refractivity contribution is 5.76. The fourth-order valence-electron chi connectivity index (χ4n) is 1.31. The number of carbonyl (C=O) groups excluding carboxylic acids is 1. The van der Waals surface area contributed by atoms with Crippen LogP contribution in [0.3, 0.4) is 0 Å². The Morgan fingerprint density at radius 3 is 2.50 bits per heavy atom. The van der Waals surface area contributed by atoms with Gasteiger partial charge in [-0.25, -0.2) is 8.78 Å². The summed E-state index contributed by atoms with van der Waals surface area (Å²) in [6.45, 7) is 2.80. The summed E-state index contributed by atoms with van der Waals surface area (Å²) >= 11 is 0. The minimum absolute atomic E-state index is 0.0591. The van der Waals surface area contributed by atoms with E-state index in [4.69, 9.17) is 4.74 Å². The second-order valence-corrected chi connectivity index (χ2v) is 4.00. The van der Waals surface area contributed by atoms with E-state index >= 15 is 0 Å². The van der Waals surface area contributed by atoms with Gasteiger partial charge in [0.1, 0.15) is 6.61 Å². The molecule has 0 aliphatic rings. The molecule has 0 spiro atoms. The molecule has 0 saturated heterocycles. The van der Waals surface area contributed by atoms with Crippen LogP contribution in [-0.2, 0) is 9.53 Å². The molecule has 0 fully saturated rings. The van der Waals surface area contributed by atoms with Gasteiger partial charge in [0.2, 0.25) is 11.8 Å². The maximum atomic E-state index is 12.7. The molecule has 96 valence electrons. The van der Waals surface area contributed by atoms with E-state index in [1.165, 1.54) is 7.05 Å². The third-order valence-corrected chi connectivity index (χ3v) is 2.24. The van der Waals surface area contributed by atoms with Crippen molar-refractivity contribution in [1.29, 1.82) is 0 Å². The maximum absolute atomic E-state index is 12.7. The average molecular weight is 237 g/mol. The topological polar surface area (TPSA) is 38.3 Å². The highest BCUT2D eigenvalue weighted by Crippen LogP contribution is 2.22. The van der Waals surface area contributed by atoms with E-state index in [0.29, 0.717) is 6.42 Å². The molecule has 0 aromatic carbocycles. The number of carbonyl (C=O) groups is 1. The van der Waals surface area contributed by atoms with Crippen LogP contribution in [0, 0.1) is 0 Å². The Bertz CT molecular complexity index is 205. The van der Waals surface area contributed by atoms with E-state index in [2.05, 4.69) is 5.32 Å². The summed E-state index contributed by atoms with van der Waals surface area (Å²) in [5.41, 5.74) is 0. The van der Waals surface area contributed by atoms with E-state index in [9.17, 15) is 13.6 Å². The van der Waals surface area contributed by atoms with Gasteiger partial charge in [0.15, 0.2) is 0 Å². The summed E-state index contributed by atoms with van der Waals surface area (Å²) < 4.78 is 30.6. The summed E-state index contributed by atoms with van der Waals surface area (Å²) in [6, 6.07) is 0. The Balaban J connectivity index is 3.92. The minimum Gasteiger partial charge on any atom is -0.368 e. The molecule has 0 bridgehead atoms. The molecule has 0 saturated carbocycles. The molecule has 0 rings (SSSR count). The molecule has 1 amide bonds. The highest BCUT2D eigenvalue weighted by Gasteiger charge is 2.23. The first kappa shape index (κ1) is 15.3. The molecule has 5 heteroatoms. The Morgan fingerprint density at radius 2 is 2.06 bits per heavy atom. The van der Waals surface area contributed by atoms with Gasteiger partial charge in [-0.3, -0.25) is 4.79 Å². The Kier molecular flexibility index (Phi) is 7.21. The number of amides is 1. The fraction of sp³-hybridized carbons (Fsp3) is 0.909. The molecule has 3 nitrogen and oxygen atoms in total. The Morgan fingerprint density at radius 1 is 1.44 bits per heavy atom. The lowest BCUT2D eigenvalue weighted by atomic mass is 10.1. The molecule has 1 atom stereocenters. The van der Waals surface area contributed by atoms with Crippen molar-refractivity contribution in [3.63, 3.8) is 0 Å². The van der Waals surface area contributed by atoms with Gasteiger partial charge in [0.05, 0.1) is 6.10 Å². The first-order valence-corrected chi connectivity index (χ1v) is 5.59. The lowest BCUT2D eigenvalue weighted by molar-refractivity contribution is -0.127. The van der Waals surface area contributed by atoms with Crippen LogP contribution in [0.5, 0.6) is 0 Å². The lowest BCUT2D eigenvalue weighted by Crippen LogP contribution is -2.27. The van der Waals surface area contributed by atoms with Crippen LogP contribution in [-0.4, -0.2) is 31.6 Å². The number of hydrogen-bond donors (Lipinski definition) is 1. The van der Waals surface area contributed by atoms with Gasteiger partial charge < -0.3 is 10.1 Å². The van der Waals surface area contributed by atoms with Gasteiger partial charge in [-0.05, 0) is 19.8 Å². The van der Waals surface area contributed by atoms with Crippen molar-refractivity contribution in [2.45, 2.75) is 51.6 Å². The van der Waals surface area contributed by atoms with E-state index in [1.54, 1.807) is 0 Å². The molecule has 0 aromatic rings. The summed E-state index contributed by atoms with van der Waals surface area (Å²) in [6.07, 6.45) is 1.38. The summed E-state index contributed by atoms with van der Waals surface area (Å²) in [5.74, 6) is -2.90. The number of hydrogen-bond acceptors (Lipinski definition) is 2. The molecule has 1 N–H and O–H groups in total. The Hall–Kier alpha value is -0.710. The normalized spacial score (nSPS) is 13.6. The van der Waals surface area contributed by atoms with E-state index in [0.717, 1.165) is 13.3 Å². The first-order chi connectivity index (χ1) is 7.39. The van der Waals surface area contributed by atoms with Crippen molar-refractivity contribution >= 4 is 5.91 Å². The summed E-state index contributed by atoms with van der Waals surface area (Å²) in [7, 11) is 1.51. The third kappa shape index (κ3) is 8.59. The van der Waals surface area contributed by atoms with Crippen LogP contribution in [0.2, 0.25) is 0 Å². The number of ether oxygens (including phenoxy) is 1. The summed E-state index contributed by atoms with van der Waals surface area (Å²) in [4.78, 5) is 10.9. The number of halogens is 2. The van der Waals surface area contributed by atoms with Crippen molar-refractivity contribution < 1.29 is 18.3 Å². The molecule has 0 aromatic heterocycles. The van der Waals surface area contributed by atoms with Crippen molar-refractivity contribution in [3.05, 3.63) is 0 Å². The van der Waals surface area contributed by atoms with Crippen LogP contribution in [0.4, 0.5) is 8.78 Å². The van der Waals surface area contributed by atoms with Crippen LogP contribution >= 0.6 is 0 Å². The van der Waals surface area contributed by atoms with E-state index < -0.39 is 5.92 Å². The molecular weight excluding hydrogens is 216 g/mol. The number of likely N-dealkylation sites (N-methyl/N-ethyl adjacent to an activating group) is 1. The fourth-order valence-corrected chi connectivity index (χ4v) is 1.31. The van der Waals surface area contributed by atoms with Crippen molar-refractivity contribution in [2.24, 2.45) is 0 Å². The van der Waals surface area contributed by atoms with Crippen molar-refractivity contribution in [1.82, 2.24) is 5.32 Å². The first-order valence-electron chi connectivity index (χ1n) is 5.59. The van der Waals surface area contributed by atoms with E-state index in [1.807, 2.05) is 6.92 Å².